The summed E-state index contributed by atoms with van der Waals surface area (Å²) in [4.78, 5) is 11.9. The van der Waals surface area contributed by atoms with Crippen molar-refractivity contribution in [3.05, 3.63) is 50.2 Å². The topological polar surface area (TPSA) is 55.1 Å². The first-order chi connectivity index (χ1) is 8.54. The summed E-state index contributed by atoms with van der Waals surface area (Å²) in [7, 11) is 0. The minimum atomic E-state index is -0.155. The van der Waals surface area contributed by atoms with Crippen LogP contribution in [0.2, 0.25) is 0 Å². The minimum Gasteiger partial charge on any atom is -0.361 e. The molecule has 0 radical (unpaired) electrons. The third-order valence-electron chi connectivity index (χ3n) is 2.23. The van der Waals surface area contributed by atoms with Crippen molar-refractivity contribution < 1.29 is 9.32 Å². The first-order valence-corrected chi connectivity index (χ1v) is 6.79. The van der Waals surface area contributed by atoms with Crippen LogP contribution in [0.25, 0.3) is 0 Å². The van der Waals surface area contributed by atoms with E-state index in [9.17, 15) is 4.79 Å². The fourth-order valence-electron chi connectivity index (χ4n) is 1.46. The smallest absolute Gasteiger partial charge is 0.251 e. The molecule has 0 saturated carbocycles. The van der Waals surface area contributed by atoms with Crippen molar-refractivity contribution in [1.82, 2.24) is 10.5 Å². The highest BCUT2D eigenvalue weighted by Crippen LogP contribution is 2.20. The van der Waals surface area contributed by atoms with Crippen molar-refractivity contribution in [2.24, 2.45) is 0 Å². The van der Waals surface area contributed by atoms with Gasteiger partial charge in [0.05, 0.1) is 6.54 Å². The molecule has 4 nitrogen and oxygen atoms in total. The summed E-state index contributed by atoms with van der Waals surface area (Å²) in [5, 5.41) is 6.59. The molecule has 0 bridgehead atoms. The van der Waals surface area contributed by atoms with Crippen molar-refractivity contribution in [2.45, 2.75) is 13.5 Å². The third-order valence-corrected chi connectivity index (χ3v) is 3.15. The molecule has 6 heteroatoms. The number of aryl methyl sites for hydroxylation is 1. The van der Waals surface area contributed by atoms with Gasteiger partial charge in [-0.15, -0.1) is 0 Å². The predicted molar refractivity (Wildman–Crippen MR) is 74.3 cm³/mol. The zero-order valence-corrected chi connectivity index (χ0v) is 12.7. The fraction of sp³-hybridized carbons (Fsp3) is 0.167. The third kappa shape index (κ3) is 3.43. The van der Waals surface area contributed by atoms with Gasteiger partial charge >= 0.3 is 0 Å². The average Bonchev–Trinajstić information content (AvgIpc) is 2.70. The standard InChI is InChI=1S/C12H10Br2N2O2/c1-7-2-11(16-18-7)6-15-12(17)8-3-9(13)5-10(14)4-8/h2-5H,6H2,1H3,(H,15,17). The van der Waals surface area contributed by atoms with Crippen molar-refractivity contribution >= 4 is 37.8 Å². The molecule has 2 aromatic rings. The van der Waals surface area contributed by atoms with Gasteiger partial charge in [-0.1, -0.05) is 37.0 Å². The Balaban J connectivity index is 2.03. The zero-order valence-electron chi connectivity index (χ0n) is 9.54. The van der Waals surface area contributed by atoms with Gasteiger partial charge in [0.2, 0.25) is 0 Å². The maximum atomic E-state index is 11.9. The molecule has 94 valence electrons. The largest absolute Gasteiger partial charge is 0.361 e. The van der Waals surface area contributed by atoms with Crippen LogP contribution in [-0.4, -0.2) is 11.1 Å². The highest BCUT2D eigenvalue weighted by molar-refractivity contribution is 9.11. The van der Waals surface area contributed by atoms with Gasteiger partial charge in [0.25, 0.3) is 5.91 Å². The molecule has 1 N–H and O–H groups in total. The lowest BCUT2D eigenvalue weighted by Gasteiger charge is -2.04. The number of amides is 1. The molecule has 1 heterocycles. The Kier molecular flexibility index (Phi) is 4.19. The van der Waals surface area contributed by atoms with Crippen LogP contribution >= 0.6 is 31.9 Å². The summed E-state index contributed by atoms with van der Waals surface area (Å²) >= 11 is 6.69. The van der Waals surface area contributed by atoms with E-state index in [2.05, 4.69) is 42.3 Å². The second-order valence-corrected chi connectivity index (χ2v) is 5.60. The van der Waals surface area contributed by atoms with Crippen LogP contribution in [0.5, 0.6) is 0 Å². The number of hydrogen-bond donors (Lipinski definition) is 1. The van der Waals surface area contributed by atoms with E-state index in [0.717, 1.165) is 14.7 Å². The molecule has 2 rings (SSSR count). The monoisotopic (exact) mass is 372 g/mol. The van der Waals surface area contributed by atoms with Crippen molar-refractivity contribution in [3.63, 3.8) is 0 Å². The van der Waals surface area contributed by atoms with Gasteiger partial charge in [-0.25, -0.2) is 0 Å². The van der Waals surface area contributed by atoms with E-state index < -0.39 is 0 Å². The lowest BCUT2D eigenvalue weighted by molar-refractivity contribution is 0.0950. The number of halogens is 2. The van der Waals surface area contributed by atoms with E-state index in [1.165, 1.54) is 0 Å². The van der Waals surface area contributed by atoms with Gasteiger partial charge in [0.1, 0.15) is 11.5 Å². The average molecular weight is 374 g/mol. The number of hydrogen-bond acceptors (Lipinski definition) is 3. The summed E-state index contributed by atoms with van der Waals surface area (Å²) in [6.07, 6.45) is 0. The van der Waals surface area contributed by atoms with Crippen molar-refractivity contribution in [1.29, 1.82) is 0 Å². The number of nitrogens with zero attached hydrogens (tertiary/aromatic N) is 1. The lowest BCUT2D eigenvalue weighted by Crippen LogP contribution is -2.22. The molecule has 0 aliphatic heterocycles. The van der Waals surface area contributed by atoms with Gasteiger partial charge in [-0.05, 0) is 25.1 Å². The molecule has 0 aliphatic carbocycles. The minimum absolute atomic E-state index is 0.155. The number of rotatable bonds is 3. The maximum Gasteiger partial charge on any atom is 0.251 e. The highest BCUT2D eigenvalue weighted by atomic mass is 79.9. The molecule has 0 atom stereocenters. The number of carbonyl (C=O) groups is 1. The zero-order chi connectivity index (χ0) is 13.1. The van der Waals surface area contributed by atoms with Crippen molar-refractivity contribution in [3.8, 4) is 0 Å². The van der Waals surface area contributed by atoms with E-state index in [0.29, 0.717) is 17.8 Å². The van der Waals surface area contributed by atoms with Gasteiger partial charge in [0, 0.05) is 20.6 Å². The van der Waals surface area contributed by atoms with E-state index in [1.54, 1.807) is 18.2 Å². The second kappa shape index (κ2) is 5.67. The molecule has 1 amide bonds. The lowest BCUT2D eigenvalue weighted by atomic mass is 10.2. The fourth-order valence-corrected chi connectivity index (χ4v) is 2.75. The predicted octanol–water partition coefficient (Wildman–Crippen LogP) is 3.44. The summed E-state index contributed by atoms with van der Waals surface area (Å²) in [6.45, 7) is 2.16. The van der Waals surface area contributed by atoms with Gasteiger partial charge < -0.3 is 9.84 Å². The number of carbonyl (C=O) groups excluding carboxylic acids is 1. The molecule has 0 saturated heterocycles. The first kappa shape index (κ1) is 13.3. The van der Waals surface area contributed by atoms with Crippen LogP contribution in [0.1, 0.15) is 21.8 Å². The summed E-state index contributed by atoms with van der Waals surface area (Å²) in [5.41, 5.74) is 1.28. The SMILES string of the molecule is Cc1cc(CNC(=O)c2cc(Br)cc(Br)c2)no1. The van der Waals surface area contributed by atoms with Crippen molar-refractivity contribution in [2.75, 3.05) is 0 Å². The maximum absolute atomic E-state index is 11.9. The van der Waals surface area contributed by atoms with Gasteiger partial charge in [-0.2, -0.15) is 0 Å². The van der Waals surface area contributed by atoms with Crippen LogP contribution in [-0.2, 0) is 6.54 Å². The molecule has 1 aromatic heterocycles. The molecule has 0 aliphatic rings. The quantitative estimate of drug-likeness (QED) is 0.896. The first-order valence-electron chi connectivity index (χ1n) is 5.21. The Morgan fingerprint density at radius 1 is 1.28 bits per heavy atom. The van der Waals surface area contributed by atoms with Crippen LogP contribution in [0.4, 0.5) is 0 Å². The molecule has 0 unspecified atom stereocenters. The number of benzene rings is 1. The van der Waals surface area contributed by atoms with E-state index in [-0.39, 0.29) is 5.91 Å². The van der Waals surface area contributed by atoms with Crippen LogP contribution in [0.3, 0.4) is 0 Å². The summed E-state index contributed by atoms with van der Waals surface area (Å²) in [6, 6.07) is 7.18. The molecule has 1 aromatic carbocycles. The Morgan fingerprint density at radius 2 is 1.94 bits per heavy atom. The molecule has 0 spiro atoms. The second-order valence-electron chi connectivity index (χ2n) is 3.77. The summed E-state index contributed by atoms with van der Waals surface area (Å²) < 4.78 is 6.62. The van der Waals surface area contributed by atoms with Crippen LogP contribution in [0, 0.1) is 6.92 Å². The van der Waals surface area contributed by atoms with E-state index in [4.69, 9.17) is 4.52 Å². The Bertz CT molecular complexity index is 561. The number of nitrogens with one attached hydrogen (secondary N) is 1. The normalized spacial score (nSPS) is 10.4. The van der Waals surface area contributed by atoms with Crippen LogP contribution in [0.15, 0.2) is 37.7 Å². The van der Waals surface area contributed by atoms with Gasteiger partial charge in [-0.3, -0.25) is 4.79 Å². The Labute approximate surface area is 121 Å². The molecular weight excluding hydrogens is 364 g/mol. The molecule has 18 heavy (non-hydrogen) atoms. The molecular formula is C12H10Br2N2O2. The number of aromatic nitrogens is 1. The van der Waals surface area contributed by atoms with E-state index >= 15 is 0 Å². The summed E-state index contributed by atoms with van der Waals surface area (Å²) in [5.74, 6) is 0.571. The van der Waals surface area contributed by atoms with Crippen LogP contribution < -0.4 is 5.32 Å². The highest BCUT2D eigenvalue weighted by Gasteiger charge is 2.08. The van der Waals surface area contributed by atoms with E-state index in [1.807, 2.05) is 13.0 Å². The van der Waals surface area contributed by atoms with Gasteiger partial charge in [0.15, 0.2) is 0 Å². The Hall–Kier alpha value is -1.14. The molecule has 0 fully saturated rings. The Morgan fingerprint density at radius 3 is 2.50 bits per heavy atom.